The summed E-state index contributed by atoms with van der Waals surface area (Å²) in [4.78, 5) is 4.14. The zero-order valence-electron chi connectivity index (χ0n) is 8.65. The minimum atomic E-state index is 0.622. The predicted molar refractivity (Wildman–Crippen MR) is 60.6 cm³/mol. The van der Waals surface area contributed by atoms with Crippen LogP contribution >= 0.6 is 0 Å². The predicted octanol–water partition coefficient (Wildman–Crippen LogP) is 1.24. The van der Waals surface area contributed by atoms with Gasteiger partial charge in [-0.25, -0.2) is 4.98 Å². The van der Waals surface area contributed by atoms with Crippen LogP contribution in [-0.4, -0.2) is 25.4 Å². The number of fused-ring (bicyclic) bond motifs is 1. The summed E-state index contributed by atoms with van der Waals surface area (Å²) in [5.41, 5.74) is 9.85. The molecular weight excluding hydrogens is 204 g/mol. The number of H-pyrrole nitrogens is 2. The number of rotatable bonds is 1. The Kier molecular flexibility index (Phi) is 1.70. The second-order valence-electron chi connectivity index (χ2n) is 3.65. The van der Waals surface area contributed by atoms with Gasteiger partial charge in [0.25, 0.3) is 0 Å². The Morgan fingerprint density at radius 2 is 2.12 bits per heavy atom. The molecule has 3 aromatic heterocycles. The number of aromatic nitrogens is 5. The van der Waals surface area contributed by atoms with E-state index in [4.69, 9.17) is 5.73 Å². The number of hydrogen-bond donors (Lipinski definition) is 3. The van der Waals surface area contributed by atoms with Gasteiger partial charge in [0, 0.05) is 16.6 Å². The average Bonchev–Trinajstić information content (AvgIpc) is 2.83. The molecule has 3 rings (SSSR count). The van der Waals surface area contributed by atoms with Crippen molar-refractivity contribution in [1.29, 1.82) is 0 Å². The van der Waals surface area contributed by atoms with Crippen LogP contribution in [-0.2, 0) is 0 Å². The Balaban J connectivity index is 2.32. The summed E-state index contributed by atoms with van der Waals surface area (Å²) in [5, 5.41) is 14.9. The van der Waals surface area contributed by atoms with E-state index in [2.05, 4.69) is 25.4 Å². The quantitative estimate of drug-likeness (QED) is 0.567. The van der Waals surface area contributed by atoms with Crippen LogP contribution in [0.4, 0.5) is 5.69 Å². The Bertz CT molecular complexity index is 650. The molecule has 4 N–H and O–H groups in total. The molecule has 0 fully saturated rings. The van der Waals surface area contributed by atoms with Crippen LogP contribution in [0.2, 0.25) is 0 Å². The van der Waals surface area contributed by atoms with Crippen molar-refractivity contribution in [2.45, 2.75) is 6.92 Å². The van der Waals surface area contributed by atoms with Crippen LogP contribution in [0.3, 0.4) is 0 Å². The van der Waals surface area contributed by atoms with Crippen molar-refractivity contribution >= 4 is 16.7 Å². The monoisotopic (exact) mass is 214 g/mol. The summed E-state index contributed by atoms with van der Waals surface area (Å²) in [6, 6.07) is 1.85. The summed E-state index contributed by atoms with van der Waals surface area (Å²) in [6.45, 7) is 1.95. The molecule has 0 unspecified atom stereocenters. The number of nitrogens with two attached hydrogens (primary N) is 1. The highest BCUT2D eigenvalue weighted by molar-refractivity contribution is 5.92. The van der Waals surface area contributed by atoms with Gasteiger partial charge in [0.05, 0.1) is 23.8 Å². The van der Waals surface area contributed by atoms with Gasteiger partial charge in [-0.3, -0.25) is 10.2 Å². The van der Waals surface area contributed by atoms with E-state index in [0.29, 0.717) is 11.3 Å². The van der Waals surface area contributed by atoms with E-state index in [1.165, 1.54) is 0 Å². The standard InChI is InChI=1S/C10H10N6/c1-5-8(4-13-14-5)9-7-2-6(11)3-12-10(7)16-15-9/h2-4H,11H2,1H3,(H,13,14)(H,12,15,16). The first-order chi connectivity index (χ1) is 7.75. The molecule has 0 saturated heterocycles. The highest BCUT2D eigenvalue weighted by atomic mass is 15.2. The third kappa shape index (κ3) is 1.16. The molecule has 0 aliphatic rings. The van der Waals surface area contributed by atoms with Crippen LogP contribution in [0.5, 0.6) is 0 Å². The number of aromatic amines is 2. The van der Waals surface area contributed by atoms with Crippen LogP contribution in [0, 0.1) is 6.92 Å². The minimum Gasteiger partial charge on any atom is -0.397 e. The van der Waals surface area contributed by atoms with Crippen LogP contribution in [0.1, 0.15) is 5.69 Å². The number of pyridine rings is 1. The zero-order valence-corrected chi connectivity index (χ0v) is 8.65. The molecule has 0 aliphatic heterocycles. The molecule has 6 heteroatoms. The van der Waals surface area contributed by atoms with Crippen molar-refractivity contribution in [2.75, 3.05) is 5.73 Å². The summed E-state index contributed by atoms with van der Waals surface area (Å²) < 4.78 is 0. The first-order valence-corrected chi connectivity index (χ1v) is 4.85. The molecule has 0 atom stereocenters. The number of nitrogens with one attached hydrogen (secondary N) is 2. The van der Waals surface area contributed by atoms with E-state index in [1.54, 1.807) is 12.4 Å². The highest BCUT2D eigenvalue weighted by Gasteiger charge is 2.11. The van der Waals surface area contributed by atoms with Gasteiger partial charge in [-0.1, -0.05) is 0 Å². The maximum Gasteiger partial charge on any atom is 0.181 e. The van der Waals surface area contributed by atoms with Gasteiger partial charge >= 0.3 is 0 Å². The maximum atomic E-state index is 5.72. The Labute approximate surface area is 90.9 Å². The van der Waals surface area contributed by atoms with E-state index in [1.807, 2.05) is 13.0 Å². The summed E-state index contributed by atoms with van der Waals surface area (Å²) in [7, 11) is 0. The summed E-state index contributed by atoms with van der Waals surface area (Å²) >= 11 is 0. The van der Waals surface area contributed by atoms with Crippen molar-refractivity contribution in [2.24, 2.45) is 0 Å². The van der Waals surface area contributed by atoms with E-state index in [-0.39, 0.29) is 0 Å². The van der Waals surface area contributed by atoms with Crippen LogP contribution in [0.25, 0.3) is 22.3 Å². The lowest BCUT2D eigenvalue weighted by atomic mass is 10.1. The molecule has 3 heterocycles. The SMILES string of the molecule is Cc1[nH]ncc1-c1[nH]nc2ncc(N)cc12. The minimum absolute atomic E-state index is 0.622. The molecule has 0 saturated carbocycles. The fraction of sp³-hybridized carbons (Fsp3) is 0.100. The molecule has 0 aliphatic carbocycles. The largest absolute Gasteiger partial charge is 0.397 e. The Hall–Kier alpha value is -2.37. The van der Waals surface area contributed by atoms with E-state index >= 15 is 0 Å². The molecule has 6 nitrogen and oxygen atoms in total. The zero-order chi connectivity index (χ0) is 11.1. The van der Waals surface area contributed by atoms with Crippen molar-refractivity contribution < 1.29 is 0 Å². The normalized spacial score (nSPS) is 11.1. The molecule has 0 radical (unpaired) electrons. The molecule has 0 bridgehead atoms. The maximum absolute atomic E-state index is 5.72. The van der Waals surface area contributed by atoms with Gasteiger partial charge in [-0.2, -0.15) is 10.2 Å². The molecule has 80 valence electrons. The summed E-state index contributed by atoms with van der Waals surface area (Å²) in [6.07, 6.45) is 3.35. The smallest absolute Gasteiger partial charge is 0.181 e. The van der Waals surface area contributed by atoms with E-state index in [9.17, 15) is 0 Å². The molecule has 0 amide bonds. The van der Waals surface area contributed by atoms with Gasteiger partial charge in [0.2, 0.25) is 0 Å². The first kappa shape index (κ1) is 8.90. The third-order valence-corrected chi connectivity index (χ3v) is 2.53. The van der Waals surface area contributed by atoms with E-state index in [0.717, 1.165) is 22.3 Å². The Morgan fingerprint density at radius 1 is 1.25 bits per heavy atom. The van der Waals surface area contributed by atoms with E-state index < -0.39 is 0 Å². The van der Waals surface area contributed by atoms with Crippen molar-refractivity contribution in [3.05, 3.63) is 24.2 Å². The molecule has 3 aromatic rings. The number of nitrogens with zero attached hydrogens (tertiary/aromatic N) is 3. The highest BCUT2D eigenvalue weighted by Crippen LogP contribution is 2.27. The molecule has 16 heavy (non-hydrogen) atoms. The molecule has 0 aromatic carbocycles. The van der Waals surface area contributed by atoms with Gasteiger partial charge in [0.15, 0.2) is 5.65 Å². The van der Waals surface area contributed by atoms with Crippen LogP contribution < -0.4 is 5.73 Å². The van der Waals surface area contributed by atoms with Gasteiger partial charge in [-0.05, 0) is 13.0 Å². The molecule has 0 spiro atoms. The number of nitrogen functional groups attached to an aromatic ring is 1. The van der Waals surface area contributed by atoms with Gasteiger partial charge in [-0.15, -0.1) is 0 Å². The fourth-order valence-corrected chi connectivity index (χ4v) is 1.72. The lowest BCUT2D eigenvalue weighted by Gasteiger charge is -1.96. The van der Waals surface area contributed by atoms with Crippen LogP contribution in [0.15, 0.2) is 18.5 Å². The third-order valence-electron chi connectivity index (χ3n) is 2.53. The number of hydrogen-bond acceptors (Lipinski definition) is 4. The van der Waals surface area contributed by atoms with Crippen molar-refractivity contribution in [1.82, 2.24) is 25.4 Å². The lowest BCUT2D eigenvalue weighted by molar-refractivity contribution is 1.05. The lowest BCUT2D eigenvalue weighted by Crippen LogP contribution is -1.86. The van der Waals surface area contributed by atoms with Gasteiger partial charge < -0.3 is 5.73 Å². The Morgan fingerprint density at radius 3 is 2.88 bits per heavy atom. The summed E-state index contributed by atoms with van der Waals surface area (Å²) in [5.74, 6) is 0. The van der Waals surface area contributed by atoms with Crippen molar-refractivity contribution in [3.63, 3.8) is 0 Å². The first-order valence-electron chi connectivity index (χ1n) is 4.85. The molecular formula is C10H10N6. The van der Waals surface area contributed by atoms with Gasteiger partial charge in [0.1, 0.15) is 0 Å². The number of aryl methyl sites for hydroxylation is 1. The average molecular weight is 214 g/mol. The van der Waals surface area contributed by atoms with Crippen molar-refractivity contribution in [3.8, 4) is 11.3 Å². The second kappa shape index (κ2) is 3.06. The topological polar surface area (TPSA) is 96.3 Å². The fourth-order valence-electron chi connectivity index (χ4n) is 1.72. The number of anilines is 1. The second-order valence-corrected chi connectivity index (χ2v) is 3.65.